The molecule has 0 saturated heterocycles. The van der Waals surface area contributed by atoms with Crippen LogP contribution in [0.1, 0.15) is 44.4 Å². The Morgan fingerprint density at radius 3 is 2.33 bits per heavy atom. The van der Waals surface area contributed by atoms with E-state index in [-0.39, 0.29) is 12.0 Å². The maximum Gasteiger partial charge on any atom is 0.122 e. The van der Waals surface area contributed by atoms with Crippen LogP contribution in [0.4, 0.5) is 0 Å². The van der Waals surface area contributed by atoms with E-state index in [1.807, 2.05) is 19.1 Å². The van der Waals surface area contributed by atoms with Crippen molar-refractivity contribution in [2.24, 2.45) is 0 Å². The molecule has 0 bridgehead atoms. The second kappa shape index (κ2) is 5.57. The first-order valence-electron chi connectivity index (χ1n) is 6.42. The summed E-state index contributed by atoms with van der Waals surface area (Å²) < 4.78 is 0. The number of aliphatic hydroxyl groups excluding tert-OH is 1. The predicted octanol–water partition coefficient (Wildman–Crippen LogP) is 3.34. The highest BCUT2D eigenvalue weighted by atomic mass is 16.3. The number of aromatic hydroxyl groups is 1. The number of rotatable bonds is 4. The molecule has 2 nitrogen and oxygen atoms in total. The van der Waals surface area contributed by atoms with Crippen LogP contribution in [0, 0.1) is 0 Å². The smallest absolute Gasteiger partial charge is 0.122 e. The number of benzene rings is 1. The molecule has 0 aromatic heterocycles. The van der Waals surface area contributed by atoms with Crippen molar-refractivity contribution in [2.75, 3.05) is 6.61 Å². The van der Waals surface area contributed by atoms with Gasteiger partial charge in [0, 0.05) is 0 Å². The fourth-order valence-corrected chi connectivity index (χ4v) is 2.05. The van der Waals surface area contributed by atoms with E-state index in [4.69, 9.17) is 5.11 Å². The van der Waals surface area contributed by atoms with E-state index in [2.05, 4.69) is 27.4 Å². The van der Waals surface area contributed by atoms with Crippen LogP contribution in [0.5, 0.6) is 5.75 Å². The Morgan fingerprint density at radius 1 is 1.28 bits per heavy atom. The van der Waals surface area contributed by atoms with Gasteiger partial charge in [0.1, 0.15) is 5.75 Å². The van der Waals surface area contributed by atoms with Gasteiger partial charge in [-0.05, 0) is 40.5 Å². The Kier molecular flexibility index (Phi) is 4.58. The molecule has 100 valence electrons. The standard InChI is InChI=1S/C16H24O2/c1-6-13-8-12(7-11(2)10-17)9-14(15(13)18)16(3,4)5/h8-9,17-18H,2,6-7,10H2,1,3-5H3. The molecule has 0 amide bonds. The highest BCUT2D eigenvalue weighted by Gasteiger charge is 2.20. The molecule has 0 spiro atoms. The van der Waals surface area contributed by atoms with E-state index in [0.717, 1.165) is 28.7 Å². The first kappa shape index (κ1) is 14.8. The summed E-state index contributed by atoms with van der Waals surface area (Å²) in [5, 5.41) is 19.3. The van der Waals surface area contributed by atoms with Crippen molar-refractivity contribution >= 4 is 0 Å². The van der Waals surface area contributed by atoms with Crippen LogP contribution < -0.4 is 0 Å². The lowest BCUT2D eigenvalue weighted by Gasteiger charge is -2.23. The number of phenols is 1. The monoisotopic (exact) mass is 248 g/mol. The van der Waals surface area contributed by atoms with Crippen LogP contribution in [0.15, 0.2) is 24.3 Å². The molecule has 18 heavy (non-hydrogen) atoms. The maximum absolute atomic E-state index is 10.3. The second-order valence-corrected chi connectivity index (χ2v) is 5.84. The zero-order chi connectivity index (χ0) is 13.9. The maximum atomic E-state index is 10.3. The Morgan fingerprint density at radius 2 is 1.89 bits per heavy atom. The van der Waals surface area contributed by atoms with Crippen LogP contribution in [-0.2, 0) is 18.3 Å². The summed E-state index contributed by atoms with van der Waals surface area (Å²) in [4.78, 5) is 0. The van der Waals surface area contributed by atoms with Gasteiger partial charge >= 0.3 is 0 Å². The first-order chi connectivity index (χ1) is 8.29. The summed E-state index contributed by atoms with van der Waals surface area (Å²) in [6.07, 6.45) is 1.46. The number of hydrogen-bond donors (Lipinski definition) is 2. The van der Waals surface area contributed by atoms with Gasteiger partial charge in [-0.3, -0.25) is 0 Å². The summed E-state index contributed by atoms with van der Waals surface area (Å²) in [5.74, 6) is 0.406. The molecule has 1 rings (SSSR count). The summed E-state index contributed by atoms with van der Waals surface area (Å²) in [7, 11) is 0. The van der Waals surface area contributed by atoms with E-state index in [1.54, 1.807) is 0 Å². The molecule has 2 heteroatoms. The van der Waals surface area contributed by atoms with Crippen molar-refractivity contribution in [3.8, 4) is 5.75 Å². The zero-order valence-electron chi connectivity index (χ0n) is 11.9. The molecular weight excluding hydrogens is 224 g/mol. The van der Waals surface area contributed by atoms with Gasteiger partial charge in [0.25, 0.3) is 0 Å². The first-order valence-corrected chi connectivity index (χ1v) is 6.42. The van der Waals surface area contributed by atoms with Crippen LogP contribution in [0.2, 0.25) is 0 Å². The van der Waals surface area contributed by atoms with Crippen molar-refractivity contribution in [3.05, 3.63) is 41.0 Å². The Labute approximate surface area is 110 Å². The number of aryl methyl sites for hydroxylation is 1. The number of aliphatic hydroxyl groups is 1. The lowest BCUT2D eigenvalue weighted by atomic mass is 9.83. The van der Waals surface area contributed by atoms with Crippen molar-refractivity contribution in [2.45, 2.75) is 46.0 Å². The molecule has 1 aromatic carbocycles. The number of phenolic OH excluding ortho intramolecular Hbond substituents is 1. The zero-order valence-corrected chi connectivity index (χ0v) is 11.9. The van der Waals surface area contributed by atoms with Crippen molar-refractivity contribution in [3.63, 3.8) is 0 Å². The Hall–Kier alpha value is -1.28. The SMILES string of the molecule is C=C(CO)Cc1cc(CC)c(O)c(C(C)(C)C)c1. The molecule has 0 heterocycles. The third-order valence-corrected chi connectivity index (χ3v) is 3.12. The minimum absolute atomic E-state index is 0.00713. The van der Waals surface area contributed by atoms with Crippen LogP contribution in [-0.4, -0.2) is 16.8 Å². The molecule has 0 fully saturated rings. The quantitative estimate of drug-likeness (QED) is 0.802. The molecule has 0 aliphatic heterocycles. The fraction of sp³-hybridized carbons (Fsp3) is 0.500. The molecular formula is C16H24O2. The third-order valence-electron chi connectivity index (χ3n) is 3.12. The lowest BCUT2D eigenvalue weighted by Crippen LogP contribution is -2.13. The van der Waals surface area contributed by atoms with E-state index in [9.17, 15) is 5.11 Å². The molecule has 0 radical (unpaired) electrons. The Balaban J connectivity index is 3.26. The van der Waals surface area contributed by atoms with Crippen LogP contribution in [0.25, 0.3) is 0 Å². The molecule has 2 N–H and O–H groups in total. The minimum atomic E-state index is -0.0927. The van der Waals surface area contributed by atoms with Gasteiger partial charge in [0.05, 0.1) is 6.61 Å². The molecule has 1 aromatic rings. The lowest BCUT2D eigenvalue weighted by molar-refractivity contribution is 0.329. The summed E-state index contributed by atoms with van der Waals surface area (Å²) in [5.41, 5.74) is 3.73. The topological polar surface area (TPSA) is 40.5 Å². The number of hydrogen-bond acceptors (Lipinski definition) is 2. The van der Waals surface area contributed by atoms with Gasteiger partial charge in [-0.2, -0.15) is 0 Å². The summed E-state index contributed by atoms with van der Waals surface area (Å²) >= 11 is 0. The Bertz CT molecular complexity index is 439. The van der Waals surface area contributed by atoms with E-state index in [1.165, 1.54) is 0 Å². The minimum Gasteiger partial charge on any atom is -0.507 e. The summed E-state index contributed by atoms with van der Waals surface area (Å²) in [6.45, 7) is 12.1. The molecule has 0 aliphatic rings. The van der Waals surface area contributed by atoms with Gasteiger partial charge < -0.3 is 10.2 Å². The van der Waals surface area contributed by atoms with Gasteiger partial charge in [-0.25, -0.2) is 0 Å². The third kappa shape index (κ3) is 3.36. The highest BCUT2D eigenvalue weighted by molar-refractivity contribution is 5.47. The molecule has 0 unspecified atom stereocenters. The van der Waals surface area contributed by atoms with Gasteiger partial charge in [-0.1, -0.05) is 46.4 Å². The molecule has 0 saturated carbocycles. The van der Waals surface area contributed by atoms with E-state index >= 15 is 0 Å². The largest absolute Gasteiger partial charge is 0.507 e. The average molecular weight is 248 g/mol. The molecule has 0 aliphatic carbocycles. The highest BCUT2D eigenvalue weighted by Crippen LogP contribution is 2.35. The van der Waals surface area contributed by atoms with Crippen LogP contribution >= 0.6 is 0 Å². The van der Waals surface area contributed by atoms with E-state index < -0.39 is 0 Å². The summed E-state index contributed by atoms with van der Waals surface area (Å²) in [6, 6.07) is 4.03. The van der Waals surface area contributed by atoms with Crippen molar-refractivity contribution in [1.82, 2.24) is 0 Å². The van der Waals surface area contributed by atoms with Crippen molar-refractivity contribution < 1.29 is 10.2 Å². The van der Waals surface area contributed by atoms with Gasteiger partial charge in [0.15, 0.2) is 0 Å². The second-order valence-electron chi connectivity index (χ2n) is 5.84. The molecule has 0 atom stereocenters. The fourth-order valence-electron chi connectivity index (χ4n) is 2.05. The van der Waals surface area contributed by atoms with Crippen LogP contribution in [0.3, 0.4) is 0 Å². The normalized spacial score (nSPS) is 11.6. The van der Waals surface area contributed by atoms with Gasteiger partial charge in [0.2, 0.25) is 0 Å². The predicted molar refractivity (Wildman–Crippen MR) is 76.1 cm³/mol. The van der Waals surface area contributed by atoms with E-state index in [0.29, 0.717) is 12.2 Å². The van der Waals surface area contributed by atoms with Crippen molar-refractivity contribution in [1.29, 1.82) is 0 Å². The average Bonchev–Trinajstić information content (AvgIpc) is 2.29. The van der Waals surface area contributed by atoms with Gasteiger partial charge in [-0.15, -0.1) is 0 Å².